The second kappa shape index (κ2) is 39.9. The van der Waals surface area contributed by atoms with E-state index in [1.54, 1.807) is 0 Å². The van der Waals surface area contributed by atoms with E-state index in [0.29, 0.717) is 0 Å². The normalized spacial score (nSPS) is 2.33. The Morgan fingerprint density at radius 3 is 1.17 bits per heavy atom. The number of thiol groups is 2. The van der Waals surface area contributed by atoms with Crippen LogP contribution in [0, 0.1) is 0 Å². The highest BCUT2D eigenvalue weighted by Gasteiger charge is 1.22. The van der Waals surface area contributed by atoms with Crippen LogP contribution in [0.2, 0.25) is 0 Å². The summed E-state index contributed by atoms with van der Waals surface area (Å²) in [6, 6.07) is 0. The van der Waals surface area contributed by atoms with Crippen molar-refractivity contribution in [1.82, 2.24) is 0 Å². The molecule has 0 aliphatic rings. The molecule has 0 bridgehead atoms. The molecule has 0 saturated heterocycles. The van der Waals surface area contributed by atoms with E-state index in [2.05, 4.69) is 23.3 Å². The Morgan fingerprint density at radius 1 is 1.17 bits per heavy atom. The Bertz CT molecular complexity index is 29.8. The van der Waals surface area contributed by atoms with Gasteiger partial charge < -0.3 is 0 Å². The van der Waals surface area contributed by atoms with Crippen LogP contribution in [0.15, 0.2) is 0 Å². The number of rotatable bonds is 0. The van der Waals surface area contributed by atoms with Crippen molar-refractivity contribution in [3.63, 3.8) is 0 Å². The quantitative estimate of drug-likeness (QED) is 0.303. The minimum atomic E-state index is -1.42. The van der Waals surface area contributed by atoms with Gasteiger partial charge in [-0.3, -0.25) is 8.92 Å². The lowest BCUT2D eigenvalue weighted by molar-refractivity contribution is 0.497. The molecular weight excluding hydrogens is 156 g/mol. The smallest absolute Gasteiger partial charge is 0.274 e. The first kappa shape index (κ1) is 15.8. The maximum Gasteiger partial charge on any atom is 0.549 e. The van der Waals surface area contributed by atoms with Crippen molar-refractivity contribution >= 4 is 46.1 Å². The zero-order valence-electron chi connectivity index (χ0n) is 2.71. The van der Waals surface area contributed by atoms with Crippen molar-refractivity contribution in [2.45, 2.75) is 0 Å². The number of hydrogen-bond donors (Lipinski definition) is 2. The lowest BCUT2D eigenvalue weighted by Crippen LogP contribution is -1.26. The van der Waals surface area contributed by atoms with Crippen LogP contribution in [-0.2, 0) is 8.92 Å². The van der Waals surface area contributed by atoms with Crippen LogP contribution in [0.3, 0.4) is 0 Å². The summed E-state index contributed by atoms with van der Waals surface area (Å²) >= 11 is 6.44. The van der Waals surface area contributed by atoms with E-state index in [4.69, 9.17) is 8.92 Å². The molecular formula is H4O2S3Si. The molecule has 0 rings (SSSR count). The van der Waals surface area contributed by atoms with Crippen LogP contribution < -0.4 is 0 Å². The maximum absolute atomic E-state index is 8.40. The van der Waals surface area contributed by atoms with Crippen molar-refractivity contribution < 1.29 is 8.92 Å². The first-order valence-electron chi connectivity index (χ1n) is 0.608. The summed E-state index contributed by atoms with van der Waals surface area (Å²) in [6.45, 7) is 0. The molecule has 0 radical (unpaired) electrons. The highest BCUT2D eigenvalue weighted by Crippen LogP contribution is 1.65. The van der Waals surface area contributed by atoms with Gasteiger partial charge in [0.05, 0.1) is 0 Å². The van der Waals surface area contributed by atoms with Gasteiger partial charge in [-0.25, -0.2) is 0 Å². The van der Waals surface area contributed by atoms with E-state index in [0.717, 1.165) is 0 Å². The van der Waals surface area contributed by atoms with Gasteiger partial charge in [-0.2, -0.15) is 13.5 Å². The van der Waals surface area contributed by atoms with Gasteiger partial charge in [0.15, 0.2) is 0 Å². The summed E-state index contributed by atoms with van der Waals surface area (Å²) < 4.78 is 16.8. The zero-order chi connectivity index (χ0) is 4.71. The molecule has 0 aliphatic carbocycles. The molecule has 0 spiro atoms. The summed E-state index contributed by atoms with van der Waals surface area (Å²) in [4.78, 5) is 0. The van der Waals surface area contributed by atoms with E-state index < -0.39 is 9.29 Å². The molecule has 2 nitrogen and oxygen atoms in total. The molecule has 0 aromatic heterocycles. The molecule has 0 saturated carbocycles. The van der Waals surface area contributed by atoms with Gasteiger partial charge in [0.2, 0.25) is 0 Å². The third-order valence-electron chi connectivity index (χ3n) is 0. The highest BCUT2D eigenvalue weighted by molar-refractivity contribution is 8.59. The van der Waals surface area contributed by atoms with Crippen molar-refractivity contribution in [1.29, 1.82) is 0 Å². The summed E-state index contributed by atoms with van der Waals surface area (Å²) in [7, 11) is -1.42. The maximum atomic E-state index is 8.40. The molecule has 0 atom stereocenters. The Kier molecular flexibility index (Phi) is 105. The van der Waals surface area contributed by atoms with E-state index in [1.807, 2.05) is 0 Å². The van der Waals surface area contributed by atoms with Gasteiger partial charge in [-0.1, -0.05) is 0 Å². The molecule has 38 valence electrons. The first-order chi connectivity index (χ1) is 2.41. The molecule has 6 heteroatoms. The number of hydrogen-bond acceptors (Lipinski definition) is 4. The molecule has 0 fully saturated rings. The topological polar surface area (TPSA) is 34.1 Å². The van der Waals surface area contributed by atoms with E-state index >= 15 is 0 Å². The summed E-state index contributed by atoms with van der Waals surface area (Å²) in [5, 5.41) is 0. The fraction of sp³-hybridized carbons (Fsp3) is 0. The molecule has 0 aromatic rings. The molecule has 0 aromatic carbocycles. The second-order valence-corrected chi connectivity index (χ2v) is 0.250. The standard InChI is InChI=1S/O2Si.H2S2.H2S/c1-3-2;1-2;/h;1-2H;1H2. The fourth-order valence-corrected chi connectivity index (χ4v) is 0. The van der Waals surface area contributed by atoms with Gasteiger partial charge in [-0.05, 0) is 0 Å². The Hall–Kier alpha value is 0.867. The van der Waals surface area contributed by atoms with Gasteiger partial charge in [0.25, 0.3) is 0 Å². The van der Waals surface area contributed by atoms with Crippen molar-refractivity contribution in [3.8, 4) is 0 Å². The first-order valence-corrected chi connectivity index (χ1v) is 3.02. The zero-order valence-corrected chi connectivity index (χ0v) is 6.50. The van der Waals surface area contributed by atoms with Crippen molar-refractivity contribution in [2.24, 2.45) is 0 Å². The van der Waals surface area contributed by atoms with Crippen LogP contribution in [-0.4, -0.2) is 9.29 Å². The molecule has 0 N–H and O–H groups in total. The molecule has 0 unspecified atom stereocenters. The van der Waals surface area contributed by atoms with Gasteiger partial charge in [-0.15, -0.1) is 23.3 Å². The average Bonchev–Trinajstić information content (AvgIpc) is 1.46. The predicted octanol–water partition coefficient (Wildman–Crippen LogP) is 0.255. The van der Waals surface area contributed by atoms with E-state index in [-0.39, 0.29) is 13.5 Å². The second-order valence-electron chi connectivity index (χ2n) is 0.0833. The molecule has 6 heavy (non-hydrogen) atoms. The Balaban J connectivity index is -0.0000000275. The van der Waals surface area contributed by atoms with Gasteiger partial charge >= 0.3 is 9.29 Å². The van der Waals surface area contributed by atoms with Gasteiger partial charge in [0.1, 0.15) is 0 Å². The lowest BCUT2D eigenvalue weighted by Gasteiger charge is -1.11. The van der Waals surface area contributed by atoms with Crippen LogP contribution in [0.4, 0.5) is 0 Å². The third-order valence-corrected chi connectivity index (χ3v) is 0. The fourth-order valence-electron chi connectivity index (χ4n) is 0. The van der Waals surface area contributed by atoms with Crippen LogP contribution in [0.1, 0.15) is 0 Å². The van der Waals surface area contributed by atoms with Crippen molar-refractivity contribution in [2.75, 3.05) is 0 Å². The SMILES string of the molecule is O=[Si]=O.S.SS. The summed E-state index contributed by atoms with van der Waals surface area (Å²) in [5.41, 5.74) is 0. The molecule has 0 aliphatic heterocycles. The Morgan fingerprint density at radius 2 is 1.17 bits per heavy atom. The third kappa shape index (κ3) is 96.8. The Labute approximate surface area is 55.3 Å². The summed E-state index contributed by atoms with van der Waals surface area (Å²) in [5.74, 6) is 0. The predicted molar refractivity (Wildman–Crippen MR) is 35.5 cm³/mol. The van der Waals surface area contributed by atoms with E-state index in [9.17, 15) is 0 Å². The van der Waals surface area contributed by atoms with E-state index in [1.165, 1.54) is 0 Å². The van der Waals surface area contributed by atoms with Crippen LogP contribution in [0.5, 0.6) is 0 Å². The van der Waals surface area contributed by atoms with Crippen LogP contribution >= 0.6 is 36.8 Å². The minimum Gasteiger partial charge on any atom is -0.274 e. The molecule has 0 heterocycles. The average molecular weight is 160 g/mol. The van der Waals surface area contributed by atoms with Crippen LogP contribution in [0.25, 0.3) is 0 Å². The largest absolute Gasteiger partial charge is 0.549 e. The van der Waals surface area contributed by atoms with Crippen molar-refractivity contribution in [3.05, 3.63) is 0 Å². The lowest BCUT2D eigenvalue weighted by atomic mass is 15.9. The minimum absolute atomic E-state index is 0. The molecule has 0 amide bonds. The van der Waals surface area contributed by atoms with Gasteiger partial charge in [0, 0.05) is 0 Å². The highest BCUT2D eigenvalue weighted by atomic mass is 33.1. The summed E-state index contributed by atoms with van der Waals surface area (Å²) in [6.07, 6.45) is 0. The monoisotopic (exact) mass is 160 g/mol.